The Bertz CT molecular complexity index is 601. The Kier molecular flexibility index (Phi) is 4.08. The van der Waals surface area contributed by atoms with Gasteiger partial charge in [-0.05, 0) is 30.2 Å². The van der Waals surface area contributed by atoms with Crippen LogP contribution in [0, 0.1) is 12.7 Å². The monoisotopic (exact) mass is 279 g/mol. The molecule has 0 spiro atoms. The van der Waals surface area contributed by atoms with E-state index < -0.39 is 11.9 Å². The molecule has 0 amide bonds. The molecule has 2 aromatic rings. The molecule has 0 saturated carbocycles. The molecule has 2 nitrogen and oxygen atoms in total. The zero-order chi connectivity index (χ0) is 14.0. The van der Waals surface area contributed by atoms with Crippen molar-refractivity contribution in [3.05, 3.63) is 63.9 Å². The maximum absolute atomic E-state index is 14.0. The molecule has 1 atom stereocenters. The van der Waals surface area contributed by atoms with Crippen molar-refractivity contribution in [1.29, 1.82) is 0 Å². The number of rotatable bonds is 3. The van der Waals surface area contributed by atoms with Gasteiger partial charge in [0.25, 0.3) is 0 Å². The minimum absolute atomic E-state index is 0.395. The molecule has 0 aliphatic heterocycles. The largest absolute Gasteiger partial charge is 0.497 e. The van der Waals surface area contributed by atoms with E-state index >= 15 is 0 Å². The van der Waals surface area contributed by atoms with Crippen LogP contribution < -0.4 is 10.5 Å². The van der Waals surface area contributed by atoms with Gasteiger partial charge in [0, 0.05) is 16.7 Å². The van der Waals surface area contributed by atoms with Gasteiger partial charge < -0.3 is 10.5 Å². The highest BCUT2D eigenvalue weighted by atomic mass is 35.5. The smallest absolute Gasteiger partial charge is 0.132 e. The van der Waals surface area contributed by atoms with E-state index in [9.17, 15) is 4.39 Å². The number of ether oxygens (including phenoxy) is 1. The Labute approximate surface area is 117 Å². The molecule has 2 rings (SSSR count). The average Bonchev–Trinajstić information content (AvgIpc) is 2.37. The number of methoxy groups -OCH3 is 1. The van der Waals surface area contributed by atoms with Crippen LogP contribution in [0.1, 0.15) is 22.7 Å². The van der Waals surface area contributed by atoms with Crippen LogP contribution in [0.2, 0.25) is 5.02 Å². The molecule has 0 bridgehead atoms. The van der Waals surface area contributed by atoms with Crippen LogP contribution in [-0.2, 0) is 0 Å². The molecule has 0 saturated heterocycles. The summed E-state index contributed by atoms with van der Waals surface area (Å²) in [7, 11) is 1.49. The summed E-state index contributed by atoms with van der Waals surface area (Å²) < 4.78 is 18.9. The molecule has 0 fully saturated rings. The second kappa shape index (κ2) is 5.59. The molecular formula is C15H15ClFNO. The van der Waals surface area contributed by atoms with Crippen molar-refractivity contribution in [2.75, 3.05) is 7.11 Å². The van der Waals surface area contributed by atoms with E-state index in [1.54, 1.807) is 12.1 Å². The predicted octanol–water partition coefficient (Wildman–Crippen LogP) is 3.84. The number of halogens is 2. The summed E-state index contributed by atoms with van der Waals surface area (Å²) in [6.07, 6.45) is 0. The molecule has 100 valence electrons. The highest BCUT2D eigenvalue weighted by Gasteiger charge is 2.16. The molecular weight excluding hydrogens is 265 g/mol. The first-order valence-corrected chi connectivity index (χ1v) is 6.26. The predicted molar refractivity (Wildman–Crippen MR) is 75.2 cm³/mol. The van der Waals surface area contributed by atoms with Gasteiger partial charge in [0.05, 0.1) is 13.2 Å². The van der Waals surface area contributed by atoms with Gasteiger partial charge in [0.15, 0.2) is 0 Å². The highest BCUT2D eigenvalue weighted by Crippen LogP contribution is 2.30. The first-order chi connectivity index (χ1) is 9.02. The molecule has 2 N–H and O–H groups in total. The number of hydrogen-bond donors (Lipinski definition) is 1. The fourth-order valence-corrected chi connectivity index (χ4v) is 2.29. The van der Waals surface area contributed by atoms with Crippen LogP contribution in [0.15, 0.2) is 36.4 Å². The molecule has 2 aromatic carbocycles. The van der Waals surface area contributed by atoms with Gasteiger partial charge in [-0.1, -0.05) is 29.8 Å². The van der Waals surface area contributed by atoms with Gasteiger partial charge in [0.2, 0.25) is 0 Å². The lowest BCUT2D eigenvalue weighted by Gasteiger charge is -2.16. The van der Waals surface area contributed by atoms with Crippen LogP contribution in [-0.4, -0.2) is 7.11 Å². The molecule has 0 aliphatic rings. The van der Waals surface area contributed by atoms with Gasteiger partial charge in [-0.2, -0.15) is 0 Å². The second-order valence-corrected chi connectivity index (χ2v) is 4.80. The van der Waals surface area contributed by atoms with Gasteiger partial charge in [-0.15, -0.1) is 0 Å². The van der Waals surface area contributed by atoms with Crippen molar-refractivity contribution in [3.8, 4) is 5.75 Å². The van der Waals surface area contributed by atoms with Gasteiger partial charge >= 0.3 is 0 Å². The van der Waals surface area contributed by atoms with Crippen molar-refractivity contribution in [2.45, 2.75) is 13.0 Å². The van der Waals surface area contributed by atoms with Crippen LogP contribution >= 0.6 is 11.6 Å². The Balaban J connectivity index is 2.41. The molecule has 0 aliphatic carbocycles. The lowest BCUT2D eigenvalue weighted by molar-refractivity contribution is 0.410. The van der Waals surface area contributed by atoms with Crippen LogP contribution in [0.5, 0.6) is 5.75 Å². The number of benzene rings is 2. The Hall–Kier alpha value is -1.58. The third-order valence-corrected chi connectivity index (χ3v) is 3.36. The lowest BCUT2D eigenvalue weighted by atomic mass is 9.98. The summed E-state index contributed by atoms with van der Waals surface area (Å²) in [4.78, 5) is 0. The summed E-state index contributed by atoms with van der Waals surface area (Å²) in [5.41, 5.74) is 8.23. The van der Waals surface area contributed by atoms with Gasteiger partial charge in [-0.25, -0.2) is 4.39 Å². The molecule has 19 heavy (non-hydrogen) atoms. The first kappa shape index (κ1) is 13.8. The van der Waals surface area contributed by atoms with E-state index in [1.807, 2.05) is 25.1 Å². The number of hydrogen-bond acceptors (Lipinski definition) is 2. The van der Waals surface area contributed by atoms with Gasteiger partial charge in [-0.3, -0.25) is 0 Å². The minimum Gasteiger partial charge on any atom is -0.497 e. The molecule has 0 heterocycles. The Morgan fingerprint density at radius 3 is 2.42 bits per heavy atom. The topological polar surface area (TPSA) is 35.2 Å². The van der Waals surface area contributed by atoms with Crippen LogP contribution in [0.25, 0.3) is 0 Å². The summed E-state index contributed by atoms with van der Waals surface area (Å²) in [5, 5.41) is 0.544. The van der Waals surface area contributed by atoms with Crippen molar-refractivity contribution in [1.82, 2.24) is 0 Å². The zero-order valence-electron chi connectivity index (χ0n) is 10.8. The Morgan fingerprint density at radius 1 is 1.16 bits per heavy atom. The van der Waals surface area contributed by atoms with E-state index in [4.69, 9.17) is 22.1 Å². The van der Waals surface area contributed by atoms with Crippen molar-refractivity contribution < 1.29 is 9.13 Å². The van der Waals surface area contributed by atoms with E-state index in [2.05, 4.69) is 0 Å². The highest BCUT2D eigenvalue weighted by molar-refractivity contribution is 6.31. The maximum atomic E-state index is 14.0. The van der Waals surface area contributed by atoms with Crippen molar-refractivity contribution >= 4 is 11.6 Å². The first-order valence-electron chi connectivity index (χ1n) is 5.88. The van der Waals surface area contributed by atoms with E-state index in [1.165, 1.54) is 13.2 Å². The van der Waals surface area contributed by atoms with E-state index in [0.717, 1.165) is 5.56 Å². The third kappa shape index (κ3) is 2.88. The minimum atomic E-state index is -0.598. The average molecular weight is 280 g/mol. The quantitative estimate of drug-likeness (QED) is 0.926. The zero-order valence-corrected chi connectivity index (χ0v) is 11.5. The third-order valence-electron chi connectivity index (χ3n) is 3.03. The number of aryl methyl sites for hydroxylation is 1. The molecule has 4 heteroatoms. The van der Waals surface area contributed by atoms with Crippen molar-refractivity contribution in [3.63, 3.8) is 0 Å². The summed E-state index contributed by atoms with van der Waals surface area (Å²) >= 11 is 6.16. The summed E-state index contributed by atoms with van der Waals surface area (Å²) in [6, 6.07) is 9.57. The summed E-state index contributed by atoms with van der Waals surface area (Å²) in [6.45, 7) is 1.94. The van der Waals surface area contributed by atoms with E-state index in [-0.39, 0.29) is 0 Å². The van der Waals surface area contributed by atoms with Crippen molar-refractivity contribution in [2.24, 2.45) is 5.73 Å². The van der Waals surface area contributed by atoms with E-state index in [0.29, 0.717) is 21.9 Å². The maximum Gasteiger partial charge on any atom is 0.132 e. The Morgan fingerprint density at radius 2 is 1.84 bits per heavy atom. The summed E-state index contributed by atoms with van der Waals surface area (Å²) in [5.74, 6) is 0.0620. The molecule has 0 radical (unpaired) electrons. The lowest BCUT2D eigenvalue weighted by Crippen LogP contribution is -2.14. The normalized spacial score (nSPS) is 12.3. The standard InChI is InChI=1S/C15H15ClFNO/c1-9-3-5-11(13(16)7-9)15(18)12-6-4-10(19-2)8-14(12)17/h3-8,15H,18H2,1-2H3. The second-order valence-electron chi connectivity index (χ2n) is 4.39. The van der Waals surface area contributed by atoms with Gasteiger partial charge in [0.1, 0.15) is 11.6 Å². The van der Waals surface area contributed by atoms with Crippen LogP contribution in [0.3, 0.4) is 0 Å². The number of nitrogens with two attached hydrogens (primary N) is 1. The van der Waals surface area contributed by atoms with Crippen LogP contribution in [0.4, 0.5) is 4.39 Å². The fourth-order valence-electron chi connectivity index (χ4n) is 1.94. The molecule has 0 aromatic heterocycles. The SMILES string of the molecule is COc1ccc(C(N)c2ccc(C)cc2Cl)c(F)c1. The molecule has 1 unspecified atom stereocenters. The fraction of sp³-hybridized carbons (Fsp3) is 0.200.